The molecule has 0 aliphatic rings. The summed E-state index contributed by atoms with van der Waals surface area (Å²) in [6, 6.07) is 18.1. The second-order valence-corrected chi connectivity index (χ2v) is 4.44. The van der Waals surface area contributed by atoms with E-state index < -0.39 is 0 Å². The molecule has 20 heavy (non-hydrogen) atoms. The van der Waals surface area contributed by atoms with E-state index >= 15 is 0 Å². The molecule has 0 aromatic heterocycles. The minimum Gasteiger partial charge on any atom is -0.508 e. The van der Waals surface area contributed by atoms with Crippen molar-refractivity contribution in [3.05, 3.63) is 60.7 Å². The van der Waals surface area contributed by atoms with E-state index in [1.807, 2.05) is 36.4 Å². The molecule has 0 aliphatic carbocycles. The topological polar surface area (TPSA) is 71.0 Å². The minimum absolute atomic E-state index is 0.170. The molecule has 0 bridgehead atoms. The Morgan fingerprint density at radius 2 is 1.60 bits per heavy atom. The third-order valence-corrected chi connectivity index (χ3v) is 3.04. The first-order valence-corrected chi connectivity index (χ1v) is 6.22. The molecule has 4 nitrogen and oxygen atoms in total. The lowest BCUT2D eigenvalue weighted by Crippen LogP contribution is -1.86. The Kier molecular flexibility index (Phi) is 3.05. The average Bonchev–Trinajstić information content (AvgIpc) is 2.47. The van der Waals surface area contributed by atoms with Crippen LogP contribution < -0.4 is 5.73 Å². The average molecular weight is 263 g/mol. The van der Waals surface area contributed by atoms with E-state index in [4.69, 9.17) is 5.73 Å². The quantitative estimate of drug-likeness (QED) is 0.526. The van der Waals surface area contributed by atoms with Crippen molar-refractivity contribution in [2.24, 2.45) is 10.2 Å². The van der Waals surface area contributed by atoms with Gasteiger partial charge in [-0.1, -0.05) is 30.3 Å². The van der Waals surface area contributed by atoms with E-state index in [1.165, 1.54) is 0 Å². The van der Waals surface area contributed by atoms with Gasteiger partial charge in [-0.05, 0) is 24.3 Å². The van der Waals surface area contributed by atoms with Gasteiger partial charge in [-0.15, -0.1) is 5.11 Å². The van der Waals surface area contributed by atoms with E-state index in [0.717, 1.165) is 22.1 Å². The van der Waals surface area contributed by atoms with Crippen molar-refractivity contribution in [3.63, 3.8) is 0 Å². The molecule has 98 valence electrons. The van der Waals surface area contributed by atoms with E-state index in [1.54, 1.807) is 24.3 Å². The number of aromatic hydroxyl groups is 1. The zero-order valence-electron chi connectivity index (χ0n) is 10.7. The molecule has 0 fully saturated rings. The van der Waals surface area contributed by atoms with Gasteiger partial charge in [-0.3, -0.25) is 0 Å². The Hall–Kier alpha value is -2.88. The van der Waals surface area contributed by atoms with Crippen molar-refractivity contribution in [2.75, 3.05) is 5.73 Å². The molecule has 3 aromatic carbocycles. The van der Waals surface area contributed by atoms with Gasteiger partial charge >= 0.3 is 0 Å². The first-order valence-electron chi connectivity index (χ1n) is 6.22. The van der Waals surface area contributed by atoms with Gasteiger partial charge in [0.25, 0.3) is 0 Å². The van der Waals surface area contributed by atoms with E-state index in [2.05, 4.69) is 10.2 Å². The van der Waals surface area contributed by atoms with Crippen LogP contribution >= 0.6 is 0 Å². The summed E-state index contributed by atoms with van der Waals surface area (Å²) in [5, 5.41) is 19.7. The SMILES string of the molecule is Nc1ccc(N=Nc2cccc(O)c2)c2ccccc12. The molecule has 0 saturated heterocycles. The number of phenols is 1. The normalized spacial score (nSPS) is 11.2. The monoisotopic (exact) mass is 263 g/mol. The Balaban J connectivity index is 2.05. The van der Waals surface area contributed by atoms with Crippen molar-refractivity contribution >= 4 is 27.8 Å². The summed E-state index contributed by atoms with van der Waals surface area (Å²) in [4.78, 5) is 0. The number of hydrogen-bond donors (Lipinski definition) is 2. The van der Waals surface area contributed by atoms with Crippen LogP contribution in [0.25, 0.3) is 10.8 Å². The molecule has 0 spiro atoms. The molecule has 0 radical (unpaired) electrons. The smallest absolute Gasteiger partial charge is 0.117 e. The van der Waals surface area contributed by atoms with Crippen LogP contribution in [0.15, 0.2) is 70.9 Å². The van der Waals surface area contributed by atoms with E-state index in [9.17, 15) is 5.11 Å². The summed E-state index contributed by atoms with van der Waals surface area (Å²) in [6.45, 7) is 0. The molecule has 3 aromatic rings. The molecule has 4 heteroatoms. The van der Waals surface area contributed by atoms with Crippen molar-refractivity contribution in [1.82, 2.24) is 0 Å². The second kappa shape index (κ2) is 5.01. The summed E-state index contributed by atoms with van der Waals surface area (Å²) in [5.74, 6) is 0.170. The van der Waals surface area contributed by atoms with Crippen LogP contribution in [0.4, 0.5) is 17.1 Å². The number of nitrogens with zero attached hydrogens (tertiary/aromatic N) is 2. The molecule has 0 aliphatic heterocycles. The Labute approximate surface area is 116 Å². The Morgan fingerprint density at radius 3 is 2.40 bits per heavy atom. The molecular formula is C16H13N3O. The lowest BCUT2D eigenvalue weighted by Gasteiger charge is -2.04. The van der Waals surface area contributed by atoms with Gasteiger partial charge in [0.05, 0.1) is 11.4 Å². The molecule has 0 amide bonds. The molecule has 3 N–H and O–H groups in total. The van der Waals surface area contributed by atoms with E-state index in [0.29, 0.717) is 5.69 Å². The highest BCUT2D eigenvalue weighted by molar-refractivity contribution is 5.99. The number of anilines is 1. The Morgan fingerprint density at radius 1 is 0.800 bits per heavy atom. The van der Waals surface area contributed by atoms with Gasteiger partial charge in [-0.2, -0.15) is 5.11 Å². The molecule has 0 saturated carbocycles. The number of fused-ring (bicyclic) bond motifs is 1. The minimum atomic E-state index is 0.170. The first-order chi connectivity index (χ1) is 9.74. The highest BCUT2D eigenvalue weighted by Crippen LogP contribution is 2.31. The van der Waals surface area contributed by atoms with Crippen LogP contribution in [0.3, 0.4) is 0 Å². The van der Waals surface area contributed by atoms with Crippen LogP contribution in [-0.4, -0.2) is 5.11 Å². The van der Waals surface area contributed by atoms with Gasteiger partial charge in [0.1, 0.15) is 5.75 Å². The first kappa shape index (κ1) is 12.2. The van der Waals surface area contributed by atoms with Crippen LogP contribution in [0, 0.1) is 0 Å². The van der Waals surface area contributed by atoms with Gasteiger partial charge in [0.15, 0.2) is 0 Å². The van der Waals surface area contributed by atoms with Crippen LogP contribution in [0.1, 0.15) is 0 Å². The number of hydrogen-bond acceptors (Lipinski definition) is 4. The second-order valence-electron chi connectivity index (χ2n) is 4.44. The fourth-order valence-corrected chi connectivity index (χ4v) is 2.06. The van der Waals surface area contributed by atoms with Crippen LogP contribution in [0.5, 0.6) is 5.75 Å². The molecule has 3 rings (SSSR count). The molecule has 0 heterocycles. The lowest BCUT2D eigenvalue weighted by molar-refractivity contribution is 0.475. The van der Waals surface area contributed by atoms with Gasteiger partial charge < -0.3 is 10.8 Å². The largest absolute Gasteiger partial charge is 0.508 e. The van der Waals surface area contributed by atoms with E-state index in [-0.39, 0.29) is 5.75 Å². The van der Waals surface area contributed by atoms with Gasteiger partial charge in [-0.25, -0.2) is 0 Å². The molecule has 0 atom stereocenters. The van der Waals surface area contributed by atoms with Crippen LogP contribution in [0.2, 0.25) is 0 Å². The zero-order valence-corrected chi connectivity index (χ0v) is 10.7. The predicted octanol–water partition coefficient (Wildman–Crippen LogP) is 4.54. The number of nitrogens with two attached hydrogens (primary N) is 1. The van der Waals surface area contributed by atoms with Crippen molar-refractivity contribution in [1.29, 1.82) is 0 Å². The highest BCUT2D eigenvalue weighted by Gasteiger charge is 2.02. The van der Waals surface area contributed by atoms with Crippen molar-refractivity contribution in [3.8, 4) is 5.75 Å². The maximum atomic E-state index is 9.40. The summed E-state index contributed by atoms with van der Waals surface area (Å²) in [6.07, 6.45) is 0. The predicted molar refractivity (Wildman–Crippen MR) is 80.6 cm³/mol. The maximum Gasteiger partial charge on any atom is 0.117 e. The highest BCUT2D eigenvalue weighted by atomic mass is 16.3. The Bertz CT molecular complexity index is 797. The maximum absolute atomic E-state index is 9.40. The summed E-state index contributed by atoms with van der Waals surface area (Å²) >= 11 is 0. The standard InChI is InChI=1S/C16H13N3O/c17-15-8-9-16(14-7-2-1-6-13(14)15)19-18-11-4-3-5-12(20)10-11/h1-10,20H,17H2. The van der Waals surface area contributed by atoms with Gasteiger partial charge in [0, 0.05) is 22.5 Å². The number of rotatable bonds is 2. The fourth-order valence-electron chi connectivity index (χ4n) is 2.06. The third-order valence-electron chi connectivity index (χ3n) is 3.04. The van der Waals surface area contributed by atoms with Crippen molar-refractivity contribution < 1.29 is 5.11 Å². The van der Waals surface area contributed by atoms with Crippen LogP contribution in [-0.2, 0) is 0 Å². The van der Waals surface area contributed by atoms with Gasteiger partial charge in [0.2, 0.25) is 0 Å². The number of nitrogen functional groups attached to an aromatic ring is 1. The summed E-state index contributed by atoms with van der Waals surface area (Å²) in [5.41, 5.74) is 8.02. The number of phenolic OH excluding ortho intramolecular Hbond substituents is 1. The molecule has 0 unspecified atom stereocenters. The summed E-state index contributed by atoms with van der Waals surface area (Å²) in [7, 11) is 0. The molecular weight excluding hydrogens is 250 g/mol. The number of azo groups is 1. The summed E-state index contributed by atoms with van der Waals surface area (Å²) < 4.78 is 0. The number of benzene rings is 3. The van der Waals surface area contributed by atoms with Crippen molar-refractivity contribution in [2.45, 2.75) is 0 Å². The lowest BCUT2D eigenvalue weighted by atomic mass is 10.1. The zero-order chi connectivity index (χ0) is 13.9. The third kappa shape index (κ3) is 2.31. The fraction of sp³-hybridized carbons (Fsp3) is 0.